The largest absolute Gasteiger partial charge is 0.303 e. The molecule has 0 aliphatic carbocycles. The van der Waals surface area contributed by atoms with Gasteiger partial charge in [0, 0.05) is 38.9 Å². The maximum atomic E-state index is 4.31. The Morgan fingerprint density at radius 1 is 0.717 bits per heavy atom. The van der Waals surface area contributed by atoms with E-state index in [1.54, 1.807) is 0 Å². The van der Waals surface area contributed by atoms with Gasteiger partial charge < -0.3 is 4.90 Å². The molecule has 0 radical (unpaired) electrons. The summed E-state index contributed by atoms with van der Waals surface area (Å²) in [5.41, 5.74) is 2.23. The van der Waals surface area contributed by atoms with Crippen LogP contribution >= 0.6 is 0 Å². The van der Waals surface area contributed by atoms with Crippen LogP contribution in [-0.4, -0.2) is 90.5 Å². The van der Waals surface area contributed by atoms with Crippen molar-refractivity contribution < 1.29 is 0 Å². The Morgan fingerprint density at radius 3 is 1.96 bits per heavy atom. The summed E-state index contributed by atoms with van der Waals surface area (Å²) in [6, 6.07) is 0. The lowest BCUT2D eigenvalue weighted by Gasteiger charge is -2.38. The summed E-state index contributed by atoms with van der Waals surface area (Å²) in [6.07, 6.45) is 17.7. The Kier molecular flexibility index (Phi) is 15.5. The quantitative estimate of drug-likeness (QED) is 0.217. The Bertz CT molecular complexity index is 1070. The molecule has 1 atom stereocenters. The minimum Gasteiger partial charge on any atom is -0.303 e. The van der Waals surface area contributed by atoms with Crippen LogP contribution < -0.4 is 0 Å². The summed E-state index contributed by atoms with van der Waals surface area (Å²) in [5.74, 6) is 4.90. The van der Waals surface area contributed by atoms with Crippen molar-refractivity contribution >= 4 is 0 Å². The van der Waals surface area contributed by atoms with E-state index in [0.29, 0.717) is 5.92 Å². The van der Waals surface area contributed by atoms with E-state index >= 15 is 0 Å². The first kappa shape index (κ1) is 37.0. The van der Waals surface area contributed by atoms with Gasteiger partial charge in [-0.15, -0.1) is 10.2 Å². The molecule has 0 bridgehead atoms. The first-order valence-electron chi connectivity index (χ1n) is 19.2. The van der Waals surface area contributed by atoms with Crippen molar-refractivity contribution in [1.82, 2.24) is 44.7 Å². The summed E-state index contributed by atoms with van der Waals surface area (Å²) < 4.78 is 4.01. The number of nitrogens with zero attached hydrogens (tertiary/aromatic N) is 9. The topological polar surface area (TPSA) is 71.1 Å². The maximum Gasteiger partial charge on any atom is 0.0967 e. The molecule has 3 aliphatic heterocycles. The molecule has 0 spiro atoms. The zero-order valence-corrected chi connectivity index (χ0v) is 30.8. The van der Waals surface area contributed by atoms with Crippen LogP contribution in [0.5, 0.6) is 0 Å². The third-order valence-corrected chi connectivity index (χ3v) is 11.1. The van der Waals surface area contributed by atoms with E-state index in [0.717, 1.165) is 60.7 Å². The summed E-state index contributed by atoms with van der Waals surface area (Å²) in [5, 5.41) is 17.1. The summed E-state index contributed by atoms with van der Waals surface area (Å²) in [7, 11) is 0. The van der Waals surface area contributed by atoms with Gasteiger partial charge in [0.05, 0.1) is 24.3 Å². The predicted octanol–water partition coefficient (Wildman–Crippen LogP) is 7.17. The van der Waals surface area contributed by atoms with Crippen molar-refractivity contribution in [2.45, 2.75) is 138 Å². The van der Waals surface area contributed by atoms with E-state index in [1.165, 1.54) is 110 Å². The smallest absolute Gasteiger partial charge is 0.0967 e. The number of piperidine rings is 3. The van der Waals surface area contributed by atoms with E-state index in [9.17, 15) is 0 Å². The highest BCUT2D eigenvalue weighted by Crippen LogP contribution is 2.28. The molecule has 0 aromatic carbocycles. The fourth-order valence-corrected chi connectivity index (χ4v) is 7.55. The lowest BCUT2D eigenvalue weighted by atomic mass is 9.83. The third-order valence-electron chi connectivity index (χ3n) is 11.1. The molecule has 0 saturated carbocycles. The van der Waals surface area contributed by atoms with Gasteiger partial charge in [0.1, 0.15) is 0 Å². The van der Waals surface area contributed by atoms with Gasteiger partial charge in [-0.05, 0) is 107 Å². The Hall–Kier alpha value is -1.84. The summed E-state index contributed by atoms with van der Waals surface area (Å²) in [6.45, 7) is 27.6. The number of aryl methyl sites for hydroxylation is 1. The van der Waals surface area contributed by atoms with Gasteiger partial charge in [0.15, 0.2) is 0 Å². The van der Waals surface area contributed by atoms with Crippen LogP contribution in [0.25, 0.3) is 0 Å². The molecule has 3 saturated heterocycles. The minimum atomic E-state index is 0.457. The number of likely N-dealkylation sites (tertiary alicyclic amines) is 3. The van der Waals surface area contributed by atoms with Gasteiger partial charge in [-0.3, -0.25) is 14.5 Å². The van der Waals surface area contributed by atoms with Crippen LogP contribution in [0.2, 0.25) is 0 Å². The molecule has 2 aromatic heterocycles. The van der Waals surface area contributed by atoms with Crippen LogP contribution in [0.4, 0.5) is 0 Å². The van der Waals surface area contributed by atoms with E-state index in [4.69, 9.17) is 0 Å². The lowest BCUT2D eigenvalue weighted by Crippen LogP contribution is -2.42. The van der Waals surface area contributed by atoms with Crippen LogP contribution in [0.1, 0.15) is 130 Å². The second-order valence-corrected chi connectivity index (χ2v) is 15.7. The molecule has 5 rings (SSSR count). The summed E-state index contributed by atoms with van der Waals surface area (Å²) >= 11 is 0. The average Bonchev–Trinajstić information content (AvgIpc) is 3.72. The molecule has 9 heteroatoms. The van der Waals surface area contributed by atoms with Gasteiger partial charge in [-0.2, -0.15) is 0 Å². The molecule has 0 amide bonds. The Balaban J connectivity index is 0.000000216. The van der Waals surface area contributed by atoms with E-state index in [-0.39, 0.29) is 0 Å². The molecule has 9 nitrogen and oxygen atoms in total. The van der Waals surface area contributed by atoms with Gasteiger partial charge in [0.2, 0.25) is 0 Å². The standard InChI is InChI=1S/C21H39N5.C16H30N4/c1-5-18(4)20-8-12-24(13-9-20)14-19-6-10-25(11-7-19)16-26-15-21(17(2)3)22-23-26;1-4-5-15-7-9-19(10-8-15)12-16-13-20(18-17-16)11-6-14(2)3/h15,17-20H,5-14,16H2,1-4H3;13-15H,4-12H2,1-3H3. The van der Waals surface area contributed by atoms with Crippen molar-refractivity contribution in [2.24, 2.45) is 29.6 Å². The monoisotopic (exact) mass is 640 g/mol. The number of aromatic nitrogens is 6. The first-order valence-corrected chi connectivity index (χ1v) is 19.2. The van der Waals surface area contributed by atoms with Crippen LogP contribution in [0, 0.1) is 29.6 Å². The molecule has 3 aliphatic rings. The SMILES string of the molecule is CCC(C)C1CCN(CC2CCN(Cn3cc(C(C)C)nn3)CC2)CC1.CCCC1CCN(Cc2cn(CCC(C)C)nn2)CC1. The van der Waals surface area contributed by atoms with Crippen LogP contribution in [0.3, 0.4) is 0 Å². The van der Waals surface area contributed by atoms with Crippen LogP contribution in [0.15, 0.2) is 12.4 Å². The fourth-order valence-electron chi connectivity index (χ4n) is 7.55. The fraction of sp³-hybridized carbons (Fsp3) is 0.892. The zero-order chi connectivity index (χ0) is 32.9. The highest BCUT2D eigenvalue weighted by molar-refractivity contribution is 4.98. The zero-order valence-electron chi connectivity index (χ0n) is 30.8. The second-order valence-electron chi connectivity index (χ2n) is 15.7. The number of hydrogen-bond donors (Lipinski definition) is 0. The molecule has 46 heavy (non-hydrogen) atoms. The van der Waals surface area contributed by atoms with Crippen molar-refractivity contribution in [3.8, 4) is 0 Å². The van der Waals surface area contributed by atoms with Crippen LogP contribution in [-0.2, 0) is 19.8 Å². The van der Waals surface area contributed by atoms with Crippen molar-refractivity contribution in [3.63, 3.8) is 0 Å². The maximum absolute atomic E-state index is 4.31. The first-order chi connectivity index (χ1) is 22.2. The lowest BCUT2D eigenvalue weighted by molar-refractivity contribution is 0.0918. The molecule has 5 heterocycles. The summed E-state index contributed by atoms with van der Waals surface area (Å²) in [4.78, 5) is 7.80. The highest BCUT2D eigenvalue weighted by Gasteiger charge is 2.26. The van der Waals surface area contributed by atoms with Gasteiger partial charge >= 0.3 is 0 Å². The van der Waals surface area contributed by atoms with E-state index in [1.807, 2.05) is 9.36 Å². The van der Waals surface area contributed by atoms with Gasteiger partial charge in [0.25, 0.3) is 0 Å². The Morgan fingerprint density at radius 2 is 1.35 bits per heavy atom. The average molecular weight is 640 g/mol. The highest BCUT2D eigenvalue weighted by atomic mass is 15.5. The van der Waals surface area contributed by atoms with Crippen molar-refractivity contribution in [1.29, 1.82) is 0 Å². The second kappa shape index (κ2) is 19.2. The molecule has 262 valence electrons. The number of hydrogen-bond acceptors (Lipinski definition) is 7. The predicted molar refractivity (Wildman–Crippen MR) is 189 cm³/mol. The third kappa shape index (κ3) is 12.3. The van der Waals surface area contributed by atoms with E-state index in [2.05, 4.69) is 96.2 Å². The molecular formula is C37H69N9. The molecule has 3 fully saturated rings. The molecular weight excluding hydrogens is 570 g/mol. The molecule has 2 aromatic rings. The molecule has 0 N–H and O–H groups in total. The Labute approximate surface area is 281 Å². The van der Waals surface area contributed by atoms with Gasteiger partial charge in [-0.25, -0.2) is 4.68 Å². The van der Waals surface area contributed by atoms with E-state index < -0.39 is 0 Å². The molecule has 1 unspecified atom stereocenters. The minimum absolute atomic E-state index is 0.457. The van der Waals surface area contributed by atoms with Crippen molar-refractivity contribution in [3.05, 3.63) is 23.8 Å². The normalized spacial score (nSPS) is 20.8. The number of rotatable bonds is 14. The van der Waals surface area contributed by atoms with Crippen molar-refractivity contribution in [2.75, 3.05) is 45.8 Å². The van der Waals surface area contributed by atoms with Gasteiger partial charge in [-0.1, -0.05) is 78.2 Å².